The molecule has 0 saturated heterocycles. The topological polar surface area (TPSA) is 63.6 Å². The molecular weight excluding hydrogens is 568 g/mol. The highest BCUT2D eigenvalue weighted by Crippen LogP contribution is 2.15. The van der Waals surface area contributed by atoms with Crippen LogP contribution in [-0.4, -0.2) is 23.7 Å². The number of carbonyl (C=O) groups excluding carboxylic acids is 1. The lowest BCUT2D eigenvalue weighted by atomic mass is 10.0. The molecule has 1 N–H and O–H groups in total. The van der Waals surface area contributed by atoms with Gasteiger partial charge in [0.15, 0.2) is 0 Å². The summed E-state index contributed by atoms with van der Waals surface area (Å²) < 4.78 is 4.92. The van der Waals surface area contributed by atoms with Crippen LogP contribution in [-0.2, 0) is 14.3 Å². The molecule has 0 aromatic heterocycles. The summed E-state index contributed by atoms with van der Waals surface area (Å²) in [4.78, 5) is 21.9. The molecule has 0 fully saturated rings. The molecule has 0 aromatic carbocycles. The fourth-order valence-corrected chi connectivity index (χ4v) is 4.51. The van der Waals surface area contributed by atoms with E-state index in [9.17, 15) is 9.59 Å². The molecule has 0 unspecified atom stereocenters. The molecule has 0 spiro atoms. The summed E-state index contributed by atoms with van der Waals surface area (Å²) in [6.45, 7) is 23.5. The monoisotopic (exact) mass is 637 g/mol. The molecular formula is C42H68O4. The second-order valence-electron chi connectivity index (χ2n) is 13.1. The molecule has 4 heteroatoms. The van der Waals surface area contributed by atoms with Gasteiger partial charge in [-0.2, -0.15) is 0 Å². The molecule has 260 valence electrons. The van der Waals surface area contributed by atoms with Gasteiger partial charge in [-0.25, -0.2) is 9.59 Å². The Morgan fingerprint density at radius 1 is 0.457 bits per heavy atom. The number of aliphatic carboxylic acids is 1. The van der Waals surface area contributed by atoms with Crippen LogP contribution < -0.4 is 0 Å². The van der Waals surface area contributed by atoms with E-state index in [0.29, 0.717) is 6.61 Å². The number of carboxylic acids is 1. The number of hydrogen-bond donors (Lipinski definition) is 1. The summed E-state index contributed by atoms with van der Waals surface area (Å²) in [5.41, 5.74) is 10.5. The van der Waals surface area contributed by atoms with Gasteiger partial charge in [-0.05, 0) is 153 Å². The van der Waals surface area contributed by atoms with Gasteiger partial charge in [0.1, 0.15) is 0 Å². The highest BCUT2D eigenvalue weighted by Gasteiger charge is 1.99. The molecule has 4 nitrogen and oxygen atoms in total. The van der Waals surface area contributed by atoms with Crippen molar-refractivity contribution in [1.82, 2.24) is 0 Å². The van der Waals surface area contributed by atoms with Gasteiger partial charge < -0.3 is 9.84 Å². The lowest BCUT2D eigenvalue weighted by Gasteiger charge is -2.03. The minimum atomic E-state index is -0.855. The van der Waals surface area contributed by atoms with Crippen molar-refractivity contribution in [2.75, 3.05) is 6.61 Å². The molecule has 0 saturated carbocycles. The summed E-state index contributed by atoms with van der Waals surface area (Å²) in [6, 6.07) is 0. The van der Waals surface area contributed by atoms with Crippen molar-refractivity contribution in [2.24, 2.45) is 0 Å². The van der Waals surface area contributed by atoms with Crippen LogP contribution in [0.5, 0.6) is 0 Å². The molecule has 0 aliphatic heterocycles. The zero-order valence-electron chi connectivity index (χ0n) is 31.5. The first-order valence-electron chi connectivity index (χ1n) is 17.3. The Bertz CT molecular complexity index is 1120. The van der Waals surface area contributed by atoms with Gasteiger partial charge in [0, 0.05) is 12.2 Å². The molecule has 0 aromatic rings. The van der Waals surface area contributed by atoms with E-state index in [1.165, 1.54) is 39.5 Å². The Labute approximate surface area is 283 Å². The summed E-state index contributed by atoms with van der Waals surface area (Å²) >= 11 is 0. The quantitative estimate of drug-likeness (QED) is 0.0773. The highest BCUT2D eigenvalue weighted by molar-refractivity contribution is 5.82. The summed E-state index contributed by atoms with van der Waals surface area (Å²) in [5, 5.41) is 8.65. The van der Waals surface area contributed by atoms with Gasteiger partial charge in [0.2, 0.25) is 0 Å². The third-order valence-corrected chi connectivity index (χ3v) is 7.33. The number of allylic oxidation sites excluding steroid dienone is 14. The zero-order valence-corrected chi connectivity index (χ0v) is 31.5. The van der Waals surface area contributed by atoms with E-state index >= 15 is 0 Å². The number of carboxylic acid groups (broad SMARTS) is 1. The Balaban J connectivity index is 0. The molecule has 0 atom stereocenters. The molecule has 0 heterocycles. The summed E-state index contributed by atoms with van der Waals surface area (Å²) in [7, 11) is 0. The normalized spacial score (nSPS) is 13.1. The van der Waals surface area contributed by atoms with Crippen LogP contribution in [0.3, 0.4) is 0 Å². The lowest BCUT2D eigenvalue weighted by molar-refractivity contribution is -0.137. The number of hydrogen-bond acceptors (Lipinski definition) is 3. The van der Waals surface area contributed by atoms with Crippen LogP contribution >= 0.6 is 0 Å². The van der Waals surface area contributed by atoms with Crippen LogP contribution in [0.25, 0.3) is 0 Å². The molecule has 0 rings (SSSR count). The van der Waals surface area contributed by atoms with Crippen LogP contribution in [0.15, 0.2) is 93.2 Å². The Morgan fingerprint density at radius 3 is 1.02 bits per heavy atom. The maximum Gasteiger partial charge on any atom is 0.330 e. The van der Waals surface area contributed by atoms with E-state index in [-0.39, 0.29) is 5.97 Å². The Kier molecular flexibility index (Phi) is 28.6. The van der Waals surface area contributed by atoms with Crippen molar-refractivity contribution < 1.29 is 19.4 Å². The van der Waals surface area contributed by atoms with Gasteiger partial charge in [0.05, 0.1) is 6.61 Å². The summed E-state index contributed by atoms with van der Waals surface area (Å²) in [6.07, 6.45) is 29.3. The van der Waals surface area contributed by atoms with Crippen LogP contribution in [0.1, 0.15) is 153 Å². The van der Waals surface area contributed by atoms with Gasteiger partial charge in [-0.1, -0.05) is 81.0 Å². The molecule has 0 radical (unpaired) electrons. The number of carbonyl (C=O) groups is 2. The molecule has 46 heavy (non-hydrogen) atoms. The van der Waals surface area contributed by atoms with Gasteiger partial charge >= 0.3 is 11.9 Å². The largest absolute Gasteiger partial charge is 0.478 e. The van der Waals surface area contributed by atoms with Gasteiger partial charge in [-0.3, -0.25) is 0 Å². The van der Waals surface area contributed by atoms with E-state index in [1.807, 2.05) is 20.8 Å². The number of rotatable bonds is 21. The maximum atomic E-state index is 11.3. The first-order chi connectivity index (χ1) is 21.7. The van der Waals surface area contributed by atoms with Crippen molar-refractivity contribution >= 4 is 11.9 Å². The second kappa shape index (κ2) is 29.3. The third kappa shape index (κ3) is 33.7. The lowest BCUT2D eigenvalue weighted by Crippen LogP contribution is -2.00. The molecule has 0 bridgehead atoms. The van der Waals surface area contributed by atoms with Crippen molar-refractivity contribution in [1.29, 1.82) is 0 Å². The first-order valence-corrected chi connectivity index (χ1v) is 17.3. The molecule has 0 aliphatic carbocycles. The smallest absolute Gasteiger partial charge is 0.330 e. The number of esters is 1. The molecule has 0 aliphatic rings. The van der Waals surface area contributed by atoms with Crippen molar-refractivity contribution in [3.8, 4) is 0 Å². The fraction of sp³-hybridized carbons (Fsp3) is 0.571. The zero-order chi connectivity index (χ0) is 35.3. The second-order valence-corrected chi connectivity index (χ2v) is 13.1. The predicted molar refractivity (Wildman–Crippen MR) is 201 cm³/mol. The highest BCUT2D eigenvalue weighted by atomic mass is 16.5. The van der Waals surface area contributed by atoms with E-state index in [2.05, 4.69) is 91.8 Å². The third-order valence-electron chi connectivity index (χ3n) is 7.33. The minimum absolute atomic E-state index is 0.232. The Hall–Kier alpha value is -3.14. The van der Waals surface area contributed by atoms with Crippen LogP contribution in [0, 0.1) is 0 Å². The Morgan fingerprint density at radius 2 is 0.739 bits per heavy atom. The minimum Gasteiger partial charge on any atom is -0.478 e. The van der Waals surface area contributed by atoms with Gasteiger partial charge in [0.25, 0.3) is 0 Å². The van der Waals surface area contributed by atoms with Crippen LogP contribution in [0.2, 0.25) is 0 Å². The number of ether oxygens (including phenoxy) is 1. The van der Waals surface area contributed by atoms with Crippen molar-refractivity contribution in [2.45, 2.75) is 153 Å². The summed E-state index contributed by atoms with van der Waals surface area (Å²) in [5.74, 6) is -1.09. The average molecular weight is 637 g/mol. The van der Waals surface area contributed by atoms with E-state index in [4.69, 9.17) is 9.84 Å². The molecule has 0 amide bonds. The van der Waals surface area contributed by atoms with Crippen molar-refractivity contribution in [3.63, 3.8) is 0 Å². The first kappa shape index (κ1) is 45.0. The average Bonchev–Trinajstić information content (AvgIpc) is 2.92. The van der Waals surface area contributed by atoms with E-state index in [0.717, 1.165) is 88.2 Å². The van der Waals surface area contributed by atoms with E-state index in [1.54, 1.807) is 6.08 Å². The maximum absolute atomic E-state index is 11.3. The fourth-order valence-electron chi connectivity index (χ4n) is 4.51. The van der Waals surface area contributed by atoms with E-state index < -0.39 is 5.97 Å². The van der Waals surface area contributed by atoms with Crippen LogP contribution in [0.4, 0.5) is 0 Å². The van der Waals surface area contributed by atoms with Gasteiger partial charge in [-0.15, -0.1) is 0 Å². The SMILES string of the molecule is CC(C)=CCCC(C)=CCCC(C)=CCCC(C)=CC(=O)O.CCOC(=O)C=C(C)CCC=C(C)CCC=C(C)CCC=C(C)C. The van der Waals surface area contributed by atoms with Crippen molar-refractivity contribution in [3.05, 3.63) is 93.2 Å². The standard InChI is InChI=1S/C22H36O2.C20H32O2/c1-7-24-22(23)17-21(6)16-10-15-20(5)14-9-13-19(4)12-8-11-18(2)3;1-16(2)9-6-10-17(3)11-7-12-18(4)13-8-14-19(5)15-20(21)22/h11,13,15,17H,7-10,12,14,16H2,1-6H3;9,11,13,15H,6-8,10,12,14H2,1-5H3,(H,21,22). The predicted octanol–water partition coefficient (Wildman–Crippen LogP) is 12.9.